The average molecular weight is 455 g/mol. The van der Waals surface area contributed by atoms with Gasteiger partial charge in [-0.2, -0.15) is 0 Å². The molecule has 0 spiro atoms. The summed E-state index contributed by atoms with van der Waals surface area (Å²) in [4.78, 5) is 12.0. The Morgan fingerprint density at radius 1 is 0.906 bits per heavy atom. The number of methoxy groups -OCH3 is 2. The molecule has 4 aliphatic rings. The van der Waals surface area contributed by atoms with Crippen LogP contribution >= 0.6 is 0 Å². The van der Waals surface area contributed by atoms with Gasteiger partial charge >= 0.3 is 5.97 Å². The van der Waals surface area contributed by atoms with Crippen LogP contribution in [0, 0.1) is 17.8 Å². The van der Waals surface area contributed by atoms with Crippen molar-refractivity contribution in [3.63, 3.8) is 0 Å². The minimum atomic E-state index is -3.68. The second kappa shape index (κ2) is 7.91. The first-order chi connectivity index (χ1) is 15.3. The zero-order valence-corrected chi connectivity index (χ0v) is 19.5. The van der Waals surface area contributed by atoms with E-state index in [2.05, 4.69) is 4.74 Å². The third-order valence-electron chi connectivity index (χ3n) is 7.90. The molecule has 4 fully saturated rings. The summed E-state index contributed by atoms with van der Waals surface area (Å²) in [6.45, 7) is 0. The van der Waals surface area contributed by atoms with Crippen molar-refractivity contribution < 1.29 is 22.7 Å². The first kappa shape index (κ1) is 21.5. The maximum atomic E-state index is 13.5. The molecule has 0 atom stereocenters. The minimum Gasteiger partial charge on any atom is -0.496 e. The average Bonchev–Trinajstić information content (AvgIpc) is 2.78. The van der Waals surface area contributed by atoms with Crippen LogP contribution < -0.4 is 4.74 Å². The standard InChI is InChI=1S/C26H30O5S/c1-30-24-8-7-22(32(28,29)21-5-3-17(4-6-21)12-25(27)31-2)13-23(24)26-14-18-9-19(15-26)11-20(10-18)16-26/h3-8,13,18-20H,9-12,14-16H2,1-2H3. The number of carbonyl (C=O) groups is 1. The molecule has 32 heavy (non-hydrogen) atoms. The Kier molecular flexibility index (Phi) is 5.31. The molecule has 5 nitrogen and oxygen atoms in total. The predicted molar refractivity (Wildman–Crippen MR) is 120 cm³/mol. The van der Waals surface area contributed by atoms with Gasteiger partial charge in [0.2, 0.25) is 9.84 Å². The van der Waals surface area contributed by atoms with Gasteiger partial charge in [0.25, 0.3) is 0 Å². The summed E-state index contributed by atoms with van der Waals surface area (Å²) in [5.74, 6) is 2.73. The topological polar surface area (TPSA) is 69.7 Å². The Morgan fingerprint density at radius 2 is 1.47 bits per heavy atom. The summed E-state index contributed by atoms with van der Waals surface area (Å²) in [5.41, 5.74) is 1.83. The van der Waals surface area contributed by atoms with Gasteiger partial charge < -0.3 is 9.47 Å². The van der Waals surface area contributed by atoms with Gasteiger partial charge in [0.05, 0.1) is 30.4 Å². The monoisotopic (exact) mass is 454 g/mol. The zero-order chi connectivity index (χ0) is 22.5. The van der Waals surface area contributed by atoms with Crippen molar-refractivity contribution in [2.45, 2.75) is 60.2 Å². The highest BCUT2D eigenvalue weighted by atomic mass is 32.2. The van der Waals surface area contributed by atoms with Crippen molar-refractivity contribution in [1.82, 2.24) is 0 Å². The van der Waals surface area contributed by atoms with Crippen LogP contribution in [0.3, 0.4) is 0 Å². The molecule has 0 radical (unpaired) electrons. The first-order valence-corrected chi connectivity index (χ1v) is 12.9. The van der Waals surface area contributed by atoms with E-state index in [9.17, 15) is 13.2 Å². The SMILES string of the molecule is COC(=O)Cc1ccc(S(=O)(=O)c2ccc(OC)c(C34CC5CC(CC(C5)C3)C4)c2)cc1. The van der Waals surface area contributed by atoms with E-state index in [4.69, 9.17) is 4.74 Å². The minimum absolute atomic E-state index is 0.0377. The Hall–Kier alpha value is -2.34. The summed E-state index contributed by atoms with van der Waals surface area (Å²) in [7, 11) is -0.667. The van der Waals surface area contributed by atoms with Crippen LogP contribution in [0.2, 0.25) is 0 Å². The predicted octanol–water partition coefficient (Wildman–Crippen LogP) is 4.71. The number of hydrogen-bond donors (Lipinski definition) is 0. The van der Waals surface area contributed by atoms with Crippen molar-refractivity contribution in [2.75, 3.05) is 14.2 Å². The number of carbonyl (C=O) groups excluding carboxylic acids is 1. The van der Waals surface area contributed by atoms with Gasteiger partial charge in [0.1, 0.15) is 5.75 Å². The second-order valence-corrected chi connectivity index (χ2v) is 11.9. The molecular formula is C26H30O5S. The van der Waals surface area contributed by atoms with E-state index >= 15 is 0 Å². The molecule has 4 saturated carbocycles. The third-order valence-corrected chi connectivity index (χ3v) is 9.67. The molecule has 0 heterocycles. The van der Waals surface area contributed by atoms with Gasteiger partial charge in [-0.1, -0.05) is 12.1 Å². The van der Waals surface area contributed by atoms with Crippen LogP contribution in [0.25, 0.3) is 0 Å². The summed E-state index contributed by atoms with van der Waals surface area (Å²) < 4.78 is 37.4. The molecule has 6 heteroatoms. The molecule has 4 bridgehead atoms. The molecule has 0 aliphatic heterocycles. The summed E-state index contributed by atoms with van der Waals surface area (Å²) in [6, 6.07) is 11.8. The number of hydrogen-bond acceptors (Lipinski definition) is 5. The van der Waals surface area contributed by atoms with E-state index in [-0.39, 0.29) is 22.7 Å². The molecular weight excluding hydrogens is 424 g/mol. The maximum Gasteiger partial charge on any atom is 0.309 e. The third kappa shape index (κ3) is 3.62. The molecule has 2 aromatic rings. The Morgan fingerprint density at radius 3 is 2.00 bits per heavy atom. The molecule has 170 valence electrons. The lowest BCUT2D eigenvalue weighted by Gasteiger charge is -2.57. The lowest BCUT2D eigenvalue weighted by atomic mass is 9.48. The molecule has 0 N–H and O–H groups in total. The van der Waals surface area contributed by atoms with Crippen molar-refractivity contribution in [1.29, 1.82) is 0 Å². The van der Waals surface area contributed by atoms with Crippen molar-refractivity contribution in [2.24, 2.45) is 17.8 Å². The van der Waals surface area contributed by atoms with Gasteiger partial charge in [-0.3, -0.25) is 4.79 Å². The van der Waals surface area contributed by atoms with Gasteiger partial charge in [-0.05, 0) is 97.6 Å². The number of rotatable bonds is 6. The van der Waals surface area contributed by atoms with E-state index in [0.29, 0.717) is 4.90 Å². The molecule has 0 amide bonds. The Bertz CT molecular complexity index is 1100. The van der Waals surface area contributed by atoms with Gasteiger partial charge in [0.15, 0.2) is 0 Å². The fourth-order valence-electron chi connectivity index (χ4n) is 6.87. The van der Waals surface area contributed by atoms with Crippen LogP contribution in [0.15, 0.2) is 52.3 Å². The van der Waals surface area contributed by atoms with Crippen molar-refractivity contribution in [3.8, 4) is 5.75 Å². The van der Waals surface area contributed by atoms with Crippen LogP contribution in [-0.2, 0) is 31.2 Å². The summed E-state index contributed by atoms with van der Waals surface area (Å²) >= 11 is 0. The molecule has 0 unspecified atom stereocenters. The zero-order valence-electron chi connectivity index (χ0n) is 18.7. The lowest BCUT2D eigenvalue weighted by Crippen LogP contribution is -2.48. The quantitative estimate of drug-likeness (QED) is 0.591. The summed E-state index contributed by atoms with van der Waals surface area (Å²) in [5, 5.41) is 0. The van der Waals surface area contributed by atoms with Crippen LogP contribution in [-0.4, -0.2) is 28.6 Å². The number of esters is 1. The van der Waals surface area contributed by atoms with Gasteiger partial charge in [-0.25, -0.2) is 8.42 Å². The highest BCUT2D eigenvalue weighted by Crippen LogP contribution is 2.62. The smallest absolute Gasteiger partial charge is 0.309 e. The Labute approximate surface area is 190 Å². The van der Waals surface area contributed by atoms with Crippen LogP contribution in [0.5, 0.6) is 5.75 Å². The van der Waals surface area contributed by atoms with E-state index in [1.165, 1.54) is 26.4 Å². The maximum absolute atomic E-state index is 13.5. The van der Waals surface area contributed by atoms with E-state index < -0.39 is 9.84 Å². The van der Waals surface area contributed by atoms with E-state index in [1.54, 1.807) is 37.4 Å². The molecule has 4 aliphatic carbocycles. The van der Waals surface area contributed by atoms with E-state index in [0.717, 1.165) is 53.9 Å². The fourth-order valence-corrected chi connectivity index (χ4v) is 8.16. The van der Waals surface area contributed by atoms with Crippen LogP contribution in [0.1, 0.15) is 49.7 Å². The van der Waals surface area contributed by atoms with E-state index in [1.807, 2.05) is 12.1 Å². The van der Waals surface area contributed by atoms with Crippen molar-refractivity contribution >= 4 is 15.8 Å². The second-order valence-electron chi connectivity index (χ2n) is 9.96. The summed E-state index contributed by atoms with van der Waals surface area (Å²) in [6.07, 6.45) is 7.53. The Balaban J connectivity index is 1.50. The highest BCUT2D eigenvalue weighted by molar-refractivity contribution is 7.91. The first-order valence-electron chi connectivity index (χ1n) is 11.4. The largest absolute Gasteiger partial charge is 0.496 e. The normalized spacial score (nSPS) is 28.5. The molecule has 0 saturated heterocycles. The highest BCUT2D eigenvalue weighted by Gasteiger charge is 2.52. The molecule has 6 rings (SSSR count). The van der Waals surface area contributed by atoms with Gasteiger partial charge in [-0.15, -0.1) is 0 Å². The van der Waals surface area contributed by atoms with Gasteiger partial charge in [0, 0.05) is 5.56 Å². The van der Waals surface area contributed by atoms with Crippen molar-refractivity contribution in [3.05, 3.63) is 53.6 Å². The van der Waals surface area contributed by atoms with Crippen LogP contribution in [0.4, 0.5) is 0 Å². The number of sulfone groups is 1. The molecule has 0 aromatic heterocycles. The fraction of sp³-hybridized carbons (Fsp3) is 0.500. The lowest BCUT2D eigenvalue weighted by molar-refractivity contribution is -0.139. The molecule has 2 aromatic carbocycles. The number of ether oxygens (including phenoxy) is 2. The number of benzene rings is 2.